The third-order valence-electron chi connectivity index (χ3n) is 1.66. The number of nitrogens with one attached hydrogen (secondary N) is 1. The van der Waals surface area contributed by atoms with Crippen LogP contribution in [0.15, 0.2) is 5.38 Å². The highest BCUT2D eigenvalue weighted by molar-refractivity contribution is 7.09. The van der Waals surface area contributed by atoms with Crippen LogP contribution >= 0.6 is 22.9 Å². The van der Waals surface area contributed by atoms with Gasteiger partial charge in [0.15, 0.2) is 0 Å². The summed E-state index contributed by atoms with van der Waals surface area (Å²) in [6.45, 7) is 4.10. The van der Waals surface area contributed by atoms with Gasteiger partial charge in [0.25, 0.3) is 0 Å². The second-order valence-electron chi connectivity index (χ2n) is 3.07. The molecule has 1 N–H and O–H groups in total. The van der Waals surface area contributed by atoms with Gasteiger partial charge >= 0.3 is 0 Å². The molecule has 0 aromatic carbocycles. The van der Waals surface area contributed by atoms with E-state index in [1.165, 1.54) is 0 Å². The Labute approximate surface area is 93.4 Å². The molecule has 0 saturated heterocycles. The van der Waals surface area contributed by atoms with Gasteiger partial charge in [-0.25, -0.2) is 4.98 Å². The number of hydrogen-bond donors (Lipinski definition) is 1. The summed E-state index contributed by atoms with van der Waals surface area (Å²) in [5.74, 6) is 0. The number of aromatic nitrogens is 1. The molecule has 1 atom stereocenters. The largest absolute Gasteiger partial charge is 0.383 e. The minimum absolute atomic E-state index is 0.0288. The van der Waals surface area contributed by atoms with Crippen molar-refractivity contribution < 1.29 is 4.74 Å². The van der Waals surface area contributed by atoms with E-state index in [1.807, 2.05) is 12.3 Å². The maximum Gasteiger partial charge on any atom is 0.107 e. The number of thiazole rings is 1. The molecule has 1 rings (SSSR count). The number of aryl methyl sites for hydroxylation is 1. The van der Waals surface area contributed by atoms with Crippen LogP contribution in [0.2, 0.25) is 0 Å². The van der Waals surface area contributed by atoms with Gasteiger partial charge in [0, 0.05) is 31.3 Å². The third kappa shape index (κ3) is 4.37. The minimum atomic E-state index is 0.0288. The lowest BCUT2D eigenvalue weighted by Crippen LogP contribution is -2.25. The maximum atomic E-state index is 5.95. The van der Waals surface area contributed by atoms with Gasteiger partial charge in [0.1, 0.15) is 5.01 Å². The summed E-state index contributed by atoms with van der Waals surface area (Å²) in [5.41, 5.74) is 1.08. The Morgan fingerprint density at radius 2 is 2.50 bits per heavy atom. The van der Waals surface area contributed by atoms with Crippen LogP contribution in [-0.2, 0) is 11.3 Å². The molecular formula is C9H15ClN2OS. The van der Waals surface area contributed by atoms with E-state index in [4.69, 9.17) is 16.3 Å². The monoisotopic (exact) mass is 234 g/mol. The van der Waals surface area contributed by atoms with Crippen LogP contribution in [0.1, 0.15) is 10.7 Å². The molecule has 0 spiro atoms. The van der Waals surface area contributed by atoms with Gasteiger partial charge < -0.3 is 10.1 Å². The van der Waals surface area contributed by atoms with E-state index in [2.05, 4.69) is 10.3 Å². The molecule has 0 saturated carbocycles. The highest BCUT2D eigenvalue weighted by atomic mass is 35.5. The fourth-order valence-corrected chi connectivity index (χ4v) is 2.04. The molecule has 1 unspecified atom stereocenters. The average Bonchev–Trinajstić information content (AvgIpc) is 2.52. The Morgan fingerprint density at radius 3 is 3.07 bits per heavy atom. The molecule has 0 fully saturated rings. The van der Waals surface area contributed by atoms with Crippen molar-refractivity contribution in [3.05, 3.63) is 16.1 Å². The Balaban J connectivity index is 2.15. The summed E-state index contributed by atoms with van der Waals surface area (Å²) < 4.78 is 4.93. The van der Waals surface area contributed by atoms with Crippen LogP contribution in [-0.4, -0.2) is 30.6 Å². The second kappa shape index (κ2) is 6.35. The fourth-order valence-electron chi connectivity index (χ4n) is 1.06. The first-order valence-electron chi connectivity index (χ1n) is 4.47. The van der Waals surface area contributed by atoms with Gasteiger partial charge in [-0.2, -0.15) is 0 Å². The van der Waals surface area contributed by atoms with Crippen LogP contribution in [0.25, 0.3) is 0 Å². The quantitative estimate of drug-likeness (QED) is 0.763. The topological polar surface area (TPSA) is 34.1 Å². The van der Waals surface area contributed by atoms with Gasteiger partial charge in [-0.3, -0.25) is 0 Å². The first-order chi connectivity index (χ1) is 6.72. The molecule has 1 aromatic rings. The van der Waals surface area contributed by atoms with E-state index >= 15 is 0 Å². The van der Waals surface area contributed by atoms with E-state index in [9.17, 15) is 0 Å². The molecule has 0 bridgehead atoms. The summed E-state index contributed by atoms with van der Waals surface area (Å²) >= 11 is 7.61. The van der Waals surface area contributed by atoms with E-state index in [1.54, 1.807) is 18.4 Å². The molecule has 0 aliphatic heterocycles. The summed E-state index contributed by atoms with van der Waals surface area (Å²) in [5, 5.41) is 6.41. The molecular weight excluding hydrogens is 220 g/mol. The number of ether oxygens (including phenoxy) is 1. The zero-order valence-corrected chi connectivity index (χ0v) is 9.99. The normalized spacial score (nSPS) is 13.1. The molecule has 1 heterocycles. The Kier molecular flexibility index (Phi) is 5.40. The standard InChI is InChI=1S/C9H15ClN2OS/c1-7-6-14-9(12-7)4-11-3-8(10)5-13-2/h6,8,11H,3-5H2,1-2H3. The summed E-state index contributed by atoms with van der Waals surface area (Å²) in [4.78, 5) is 4.34. The van der Waals surface area contributed by atoms with Gasteiger partial charge in [-0.15, -0.1) is 22.9 Å². The lowest BCUT2D eigenvalue weighted by atomic mass is 10.4. The number of hydrogen-bond acceptors (Lipinski definition) is 4. The van der Waals surface area contributed by atoms with Crippen LogP contribution in [0.4, 0.5) is 0 Å². The first-order valence-corrected chi connectivity index (χ1v) is 5.78. The zero-order valence-electron chi connectivity index (χ0n) is 8.42. The predicted octanol–water partition coefficient (Wildman–Crippen LogP) is 1.79. The van der Waals surface area contributed by atoms with Crippen molar-refractivity contribution in [1.29, 1.82) is 0 Å². The smallest absolute Gasteiger partial charge is 0.107 e. The SMILES string of the molecule is COCC(Cl)CNCc1nc(C)cs1. The fraction of sp³-hybridized carbons (Fsp3) is 0.667. The van der Waals surface area contributed by atoms with Crippen LogP contribution in [0.5, 0.6) is 0 Å². The summed E-state index contributed by atoms with van der Waals surface area (Å²) in [7, 11) is 1.65. The number of methoxy groups -OCH3 is 1. The number of nitrogens with zero attached hydrogens (tertiary/aromatic N) is 1. The lowest BCUT2D eigenvalue weighted by molar-refractivity contribution is 0.197. The Bertz CT molecular complexity index is 267. The average molecular weight is 235 g/mol. The highest BCUT2D eigenvalue weighted by Gasteiger charge is 2.03. The van der Waals surface area contributed by atoms with Crippen molar-refractivity contribution in [1.82, 2.24) is 10.3 Å². The second-order valence-corrected chi connectivity index (χ2v) is 4.63. The molecule has 0 radical (unpaired) electrons. The molecule has 0 aliphatic carbocycles. The first kappa shape index (κ1) is 11.9. The van der Waals surface area contributed by atoms with E-state index in [0.717, 1.165) is 23.8 Å². The number of halogens is 1. The van der Waals surface area contributed by atoms with Gasteiger partial charge in [-0.1, -0.05) is 0 Å². The van der Waals surface area contributed by atoms with Gasteiger partial charge in [-0.05, 0) is 6.92 Å². The zero-order chi connectivity index (χ0) is 10.4. The van der Waals surface area contributed by atoms with Crippen molar-refractivity contribution in [2.75, 3.05) is 20.3 Å². The number of rotatable bonds is 6. The van der Waals surface area contributed by atoms with Crippen molar-refractivity contribution in [2.45, 2.75) is 18.8 Å². The maximum absolute atomic E-state index is 5.95. The summed E-state index contributed by atoms with van der Waals surface area (Å²) in [6, 6.07) is 0. The van der Waals surface area contributed by atoms with E-state index in [0.29, 0.717) is 6.61 Å². The molecule has 0 aliphatic rings. The lowest BCUT2D eigenvalue weighted by Gasteiger charge is -2.08. The van der Waals surface area contributed by atoms with Crippen molar-refractivity contribution >= 4 is 22.9 Å². The van der Waals surface area contributed by atoms with Crippen LogP contribution in [0.3, 0.4) is 0 Å². The number of alkyl halides is 1. The Hall–Kier alpha value is -0.160. The van der Waals surface area contributed by atoms with Gasteiger partial charge in [0.05, 0.1) is 12.0 Å². The summed E-state index contributed by atoms with van der Waals surface area (Å²) in [6.07, 6.45) is 0. The van der Waals surface area contributed by atoms with Gasteiger partial charge in [0.2, 0.25) is 0 Å². The van der Waals surface area contributed by atoms with Crippen molar-refractivity contribution in [3.63, 3.8) is 0 Å². The highest BCUT2D eigenvalue weighted by Crippen LogP contribution is 2.07. The predicted molar refractivity (Wildman–Crippen MR) is 60.1 cm³/mol. The van der Waals surface area contributed by atoms with Crippen molar-refractivity contribution in [2.24, 2.45) is 0 Å². The molecule has 0 amide bonds. The van der Waals surface area contributed by atoms with Crippen LogP contribution in [0, 0.1) is 6.92 Å². The minimum Gasteiger partial charge on any atom is -0.383 e. The van der Waals surface area contributed by atoms with E-state index in [-0.39, 0.29) is 5.38 Å². The molecule has 80 valence electrons. The molecule has 5 heteroatoms. The van der Waals surface area contributed by atoms with Crippen molar-refractivity contribution in [3.8, 4) is 0 Å². The molecule has 1 aromatic heterocycles. The third-order valence-corrected chi connectivity index (χ3v) is 2.90. The molecule has 3 nitrogen and oxygen atoms in total. The molecule has 14 heavy (non-hydrogen) atoms. The van der Waals surface area contributed by atoms with E-state index < -0.39 is 0 Å². The Morgan fingerprint density at radius 1 is 1.71 bits per heavy atom. The van der Waals surface area contributed by atoms with Crippen LogP contribution < -0.4 is 5.32 Å².